The van der Waals surface area contributed by atoms with Crippen molar-refractivity contribution in [1.29, 1.82) is 0 Å². The maximum atomic E-state index is 11.7. The number of nitrogens with one attached hydrogen (secondary N) is 1. The van der Waals surface area contributed by atoms with Crippen LogP contribution in [0.25, 0.3) is 11.2 Å². The summed E-state index contributed by atoms with van der Waals surface area (Å²) in [6.45, 7) is 4.43. The Morgan fingerprint density at radius 1 is 1.00 bits per heavy atom. The first-order valence-electron chi connectivity index (χ1n) is 8.94. The summed E-state index contributed by atoms with van der Waals surface area (Å²) in [6, 6.07) is 0. The zero-order chi connectivity index (χ0) is 23.1. The Morgan fingerprint density at radius 2 is 1.68 bits per heavy atom. The fourth-order valence-electron chi connectivity index (χ4n) is 2.48. The second-order valence-corrected chi connectivity index (χ2v) is 6.96. The van der Waals surface area contributed by atoms with E-state index in [1.807, 2.05) is 0 Å². The molecular formula is C18H21N5O7S. The predicted molar refractivity (Wildman–Crippen MR) is 108 cm³/mol. The van der Waals surface area contributed by atoms with E-state index in [1.54, 1.807) is 6.26 Å². The Bertz CT molecular complexity index is 1020. The first-order valence-corrected chi connectivity index (χ1v) is 10.2. The van der Waals surface area contributed by atoms with E-state index < -0.39 is 30.1 Å². The number of esters is 3. The smallest absolute Gasteiger partial charge is 0.303 e. The summed E-state index contributed by atoms with van der Waals surface area (Å²) in [5, 5.41) is 2.93. The van der Waals surface area contributed by atoms with E-state index >= 15 is 0 Å². The minimum Gasteiger partial charge on any atom is -0.462 e. The zero-order valence-electron chi connectivity index (χ0n) is 17.5. The number of amides is 1. The lowest BCUT2D eigenvalue weighted by Crippen LogP contribution is -2.33. The van der Waals surface area contributed by atoms with Gasteiger partial charge in [0.2, 0.25) is 5.91 Å². The molecule has 0 aliphatic heterocycles. The van der Waals surface area contributed by atoms with Gasteiger partial charge in [0.05, 0.1) is 6.20 Å². The third-order valence-electron chi connectivity index (χ3n) is 3.57. The molecule has 0 saturated heterocycles. The molecule has 2 aromatic rings. The number of carbonyl (C=O) groups is 4. The largest absolute Gasteiger partial charge is 0.462 e. The second kappa shape index (κ2) is 10.6. The molecule has 2 rings (SSSR count). The van der Waals surface area contributed by atoms with Gasteiger partial charge in [0.1, 0.15) is 12.3 Å². The standard InChI is InChI=1S/C18H21N5O7S/c1-8(24)20-17-14-16(22-18(23-17)31-5)19-6-12(21-14)15(30-11(4)27)13(29-10(3)26)7-28-9(2)25/h6,13,15H,7H2,1-5H3,(H,19,20,22,23,24). The van der Waals surface area contributed by atoms with Crippen LogP contribution in [0.4, 0.5) is 5.82 Å². The summed E-state index contributed by atoms with van der Waals surface area (Å²) in [5.41, 5.74) is 0.405. The summed E-state index contributed by atoms with van der Waals surface area (Å²) >= 11 is 1.25. The van der Waals surface area contributed by atoms with Gasteiger partial charge in [-0.15, -0.1) is 0 Å². The van der Waals surface area contributed by atoms with Gasteiger partial charge in [-0.05, 0) is 6.26 Å². The molecule has 12 nitrogen and oxygen atoms in total. The average molecular weight is 451 g/mol. The van der Waals surface area contributed by atoms with Crippen LogP contribution >= 0.6 is 11.8 Å². The van der Waals surface area contributed by atoms with Crippen LogP contribution in [0.5, 0.6) is 0 Å². The van der Waals surface area contributed by atoms with Crippen molar-refractivity contribution in [1.82, 2.24) is 19.9 Å². The van der Waals surface area contributed by atoms with Crippen molar-refractivity contribution in [3.05, 3.63) is 11.9 Å². The Balaban J connectivity index is 2.59. The van der Waals surface area contributed by atoms with Gasteiger partial charge >= 0.3 is 17.9 Å². The molecule has 0 saturated carbocycles. The van der Waals surface area contributed by atoms with Crippen molar-refractivity contribution in [2.75, 3.05) is 18.2 Å². The van der Waals surface area contributed by atoms with Crippen LogP contribution in [0.2, 0.25) is 0 Å². The molecule has 0 aliphatic rings. The molecule has 2 heterocycles. The van der Waals surface area contributed by atoms with E-state index in [-0.39, 0.29) is 35.2 Å². The van der Waals surface area contributed by atoms with Gasteiger partial charge in [0.15, 0.2) is 34.3 Å². The second-order valence-electron chi connectivity index (χ2n) is 6.19. The number of anilines is 1. The molecular weight excluding hydrogens is 430 g/mol. The van der Waals surface area contributed by atoms with Gasteiger partial charge in [-0.1, -0.05) is 11.8 Å². The molecule has 0 spiro atoms. The van der Waals surface area contributed by atoms with Crippen molar-refractivity contribution in [2.45, 2.75) is 45.1 Å². The lowest BCUT2D eigenvalue weighted by atomic mass is 10.1. The monoisotopic (exact) mass is 451 g/mol. The summed E-state index contributed by atoms with van der Waals surface area (Å²) in [7, 11) is 0. The summed E-state index contributed by atoms with van der Waals surface area (Å²) in [5.74, 6) is -2.27. The van der Waals surface area contributed by atoms with Gasteiger partial charge < -0.3 is 19.5 Å². The fourth-order valence-corrected chi connectivity index (χ4v) is 2.85. The van der Waals surface area contributed by atoms with Crippen LogP contribution in [-0.4, -0.2) is 62.7 Å². The molecule has 1 N–H and O–H groups in total. The molecule has 1 amide bonds. The van der Waals surface area contributed by atoms with Gasteiger partial charge in [0.25, 0.3) is 0 Å². The van der Waals surface area contributed by atoms with E-state index in [0.717, 1.165) is 13.8 Å². The topological polar surface area (TPSA) is 160 Å². The zero-order valence-corrected chi connectivity index (χ0v) is 18.3. The molecule has 2 aromatic heterocycles. The molecule has 0 aromatic carbocycles. The molecule has 166 valence electrons. The number of ether oxygens (including phenoxy) is 3. The minimum atomic E-state index is -1.25. The lowest BCUT2D eigenvalue weighted by molar-refractivity contribution is -0.174. The van der Waals surface area contributed by atoms with Crippen molar-refractivity contribution < 1.29 is 33.4 Å². The Hall–Kier alpha value is -3.35. The molecule has 0 aliphatic carbocycles. The maximum Gasteiger partial charge on any atom is 0.303 e. The molecule has 13 heteroatoms. The summed E-state index contributed by atoms with van der Waals surface area (Å²) in [6.07, 6.45) is 0.612. The van der Waals surface area contributed by atoms with Crippen LogP contribution in [0.3, 0.4) is 0 Å². The summed E-state index contributed by atoms with van der Waals surface area (Å²) in [4.78, 5) is 63.2. The van der Waals surface area contributed by atoms with Gasteiger partial charge in [-0.25, -0.2) is 19.9 Å². The highest BCUT2D eigenvalue weighted by molar-refractivity contribution is 7.98. The Labute approximate surface area is 181 Å². The Morgan fingerprint density at radius 3 is 2.23 bits per heavy atom. The van der Waals surface area contributed by atoms with E-state index in [4.69, 9.17) is 14.2 Å². The normalized spacial score (nSPS) is 12.5. The van der Waals surface area contributed by atoms with E-state index in [0.29, 0.717) is 5.16 Å². The van der Waals surface area contributed by atoms with E-state index in [1.165, 1.54) is 31.8 Å². The van der Waals surface area contributed by atoms with Crippen molar-refractivity contribution in [3.8, 4) is 0 Å². The maximum absolute atomic E-state index is 11.7. The number of thioether (sulfide) groups is 1. The average Bonchev–Trinajstić information content (AvgIpc) is 2.68. The van der Waals surface area contributed by atoms with Crippen LogP contribution in [0.1, 0.15) is 39.5 Å². The fraction of sp³-hybridized carbons (Fsp3) is 0.444. The highest BCUT2D eigenvalue weighted by atomic mass is 32.2. The molecule has 2 atom stereocenters. The first kappa shape index (κ1) is 23.9. The van der Waals surface area contributed by atoms with E-state index in [2.05, 4.69) is 25.3 Å². The third-order valence-corrected chi connectivity index (χ3v) is 4.12. The number of nitrogens with zero attached hydrogens (tertiary/aromatic N) is 4. The number of aromatic nitrogens is 4. The van der Waals surface area contributed by atoms with Crippen LogP contribution in [-0.2, 0) is 33.4 Å². The van der Waals surface area contributed by atoms with Crippen molar-refractivity contribution in [3.63, 3.8) is 0 Å². The van der Waals surface area contributed by atoms with Crippen molar-refractivity contribution in [2.24, 2.45) is 0 Å². The molecule has 0 bridgehead atoms. The number of rotatable bonds is 8. The highest BCUT2D eigenvalue weighted by Gasteiger charge is 2.32. The predicted octanol–water partition coefficient (Wildman–Crippen LogP) is 1.20. The molecule has 31 heavy (non-hydrogen) atoms. The molecule has 0 radical (unpaired) electrons. The van der Waals surface area contributed by atoms with Gasteiger partial charge in [-0.2, -0.15) is 0 Å². The van der Waals surface area contributed by atoms with E-state index in [9.17, 15) is 19.2 Å². The Kier molecular flexibility index (Phi) is 8.19. The third kappa shape index (κ3) is 6.84. The van der Waals surface area contributed by atoms with Crippen molar-refractivity contribution >= 4 is 52.6 Å². The summed E-state index contributed by atoms with van der Waals surface area (Å²) < 4.78 is 15.4. The lowest BCUT2D eigenvalue weighted by Gasteiger charge is -2.25. The quantitative estimate of drug-likeness (QED) is 0.265. The molecule has 0 fully saturated rings. The van der Waals surface area contributed by atoms with Gasteiger partial charge in [0, 0.05) is 27.7 Å². The number of fused-ring (bicyclic) bond motifs is 1. The minimum absolute atomic E-state index is 0.0770. The van der Waals surface area contributed by atoms with Crippen LogP contribution in [0, 0.1) is 0 Å². The molecule has 2 unspecified atom stereocenters. The number of hydrogen-bond acceptors (Lipinski definition) is 12. The van der Waals surface area contributed by atoms with Gasteiger partial charge in [-0.3, -0.25) is 19.2 Å². The number of carbonyl (C=O) groups excluding carboxylic acids is 4. The van der Waals surface area contributed by atoms with Crippen LogP contribution < -0.4 is 5.32 Å². The highest BCUT2D eigenvalue weighted by Crippen LogP contribution is 2.27. The SMILES string of the molecule is CSc1nc(NC(C)=O)c2nc(C(OC(C)=O)C(COC(C)=O)OC(C)=O)cnc2n1. The first-order chi connectivity index (χ1) is 14.6. The number of hydrogen-bond donors (Lipinski definition) is 1. The van der Waals surface area contributed by atoms with Crippen LogP contribution in [0.15, 0.2) is 11.4 Å².